The van der Waals surface area contributed by atoms with Crippen molar-refractivity contribution in [2.75, 3.05) is 0 Å². The predicted molar refractivity (Wildman–Crippen MR) is 89.2 cm³/mol. The highest BCUT2D eigenvalue weighted by Gasteiger charge is 2.42. The Kier molecular flexibility index (Phi) is 5.29. The van der Waals surface area contributed by atoms with E-state index in [-0.39, 0.29) is 37.8 Å². The van der Waals surface area contributed by atoms with Gasteiger partial charge in [-0.3, -0.25) is 4.79 Å². The molecule has 3 rings (SSSR count). The molecule has 0 radical (unpaired) electrons. The van der Waals surface area contributed by atoms with E-state index < -0.39 is 12.1 Å². The normalized spacial score (nSPS) is 18.2. The Morgan fingerprint density at radius 3 is 2.69 bits per heavy atom. The van der Waals surface area contributed by atoms with Gasteiger partial charge in [-0.05, 0) is 18.4 Å². The number of carbonyl (C=O) groups excluding carboxylic acids is 1. The number of nitrogens with one attached hydrogen (secondary N) is 1. The van der Waals surface area contributed by atoms with Gasteiger partial charge in [0.2, 0.25) is 5.91 Å². The number of hydrogen-bond donors (Lipinski definition) is 1. The molecular weight excluding hydrogens is 345 g/mol. The van der Waals surface area contributed by atoms with Gasteiger partial charge >= 0.3 is 6.18 Å². The molecular formula is C18H21F3N4O. The van der Waals surface area contributed by atoms with Crippen molar-refractivity contribution in [3.63, 3.8) is 0 Å². The second kappa shape index (κ2) is 7.47. The third-order valence-corrected chi connectivity index (χ3v) is 4.84. The summed E-state index contributed by atoms with van der Waals surface area (Å²) in [7, 11) is 0. The molecule has 1 aromatic heterocycles. The highest BCUT2D eigenvalue weighted by molar-refractivity contribution is 5.83. The summed E-state index contributed by atoms with van der Waals surface area (Å²) >= 11 is 0. The minimum atomic E-state index is -4.21. The van der Waals surface area contributed by atoms with E-state index in [4.69, 9.17) is 0 Å². The van der Waals surface area contributed by atoms with Crippen LogP contribution in [0.1, 0.15) is 42.9 Å². The Morgan fingerprint density at radius 2 is 2.04 bits per heavy atom. The molecule has 8 heteroatoms. The fourth-order valence-electron chi connectivity index (χ4n) is 3.35. The molecule has 1 N–H and O–H groups in total. The molecule has 0 saturated heterocycles. The summed E-state index contributed by atoms with van der Waals surface area (Å²) in [5, 5.41) is 10.7. The first kappa shape index (κ1) is 18.4. The number of carbonyl (C=O) groups is 1. The zero-order valence-corrected chi connectivity index (χ0v) is 14.5. The van der Waals surface area contributed by atoms with E-state index in [2.05, 4.69) is 15.5 Å². The summed E-state index contributed by atoms with van der Waals surface area (Å²) in [4.78, 5) is 12.5. The highest BCUT2D eigenvalue weighted by Crippen LogP contribution is 2.34. The number of rotatable bonds is 5. The summed E-state index contributed by atoms with van der Waals surface area (Å²) in [6.45, 7) is 2.31. The maximum absolute atomic E-state index is 12.9. The number of alkyl halides is 3. The van der Waals surface area contributed by atoms with Gasteiger partial charge in [0, 0.05) is 13.0 Å². The number of hydrogen-bond acceptors (Lipinski definition) is 3. The SMILES string of the molecule is CCC(C(=O)NCc1nnc2n1CCC(C(F)(F)F)C2)c1ccccc1. The first-order valence-electron chi connectivity index (χ1n) is 8.70. The Labute approximate surface area is 149 Å². The Bertz CT molecular complexity index is 758. The van der Waals surface area contributed by atoms with Gasteiger partial charge in [0.25, 0.3) is 0 Å². The van der Waals surface area contributed by atoms with Crippen LogP contribution in [0.15, 0.2) is 30.3 Å². The number of benzene rings is 1. The topological polar surface area (TPSA) is 59.8 Å². The molecule has 2 unspecified atom stereocenters. The van der Waals surface area contributed by atoms with E-state index in [1.165, 1.54) is 0 Å². The van der Waals surface area contributed by atoms with Crippen LogP contribution in [0.5, 0.6) is 0 Å². The molecule has 2 heterocycles. The van der Waals surface area contributed by atoms with Crippen molar-refractivity contribution in [1.29, 1.82) is 0 Å². The largest absolute Gasteiger partial charge is 0.392 e. The van der Waals surface area contributed by atoms with E-state index in [0.717, 1.165) is 5.56 Å². The van der Waals surface area contributed by atoms with Crippen molar-refractivity contribution < 1.29 is 18.0 Å². The average Bonchev–Trinajstić information content (AvgIpc) is 3.03. The summed E-state index contributed by atoms with van der Waals surface area (Å²) in [6.07, 6.45) is -3.71. The van der Waals surface area contributed by atoms with Crippen LogP contribution in [0.2, 0.25) is 0 Å². The van der Waals surface area contributed by atoms with Crippen LogP contribution in [0.4, 0.5) is 13.2 Å². The second-order valence-electron chi connectivity index (χ2n) is 6.50. The van der Waals surface area contributed by atoms with Gasteiger partial charge in [-0.25, -0.2) is 0 Å². The van der Waals surface area contributed by atoms with E-state index >= 15 is 0 Å². The average molecular weight is 366 g/mol. The molecule has 1 aliphatic rings. The minimum absolute atomic E-state index is 0.0110. The smallest absolute Gasteiger partial charge is 0.348 e. The maximum atomic E-state index is 12.9. The van der Waals surface area contributed by atoms with E-state index in [0.29, 0.717) is 18.1 Å². The lowest BCUT2D eigenvalue weighted by molar-refractivity contribution is -0.179. The van der Waals surface area contributed by atoms with Gasteiger partial charge in [0.1, 0.15) is 5.82 Å². The van der Waals surface area contributed by atoms with Gasteiger partial charge in [-0.15, -0.1) is 10.2 Å². The monoisotopic (exact) mass is 366 g/mol. The van der Waals surface area contributed by atoms with Gasteiger partial charge < -0.3 is 9.88 Å². The molecule has 2 atom stereocenters. The summed E-state index contributed by atoms with van der Waals surface area (Å²) in [5.74, 6) is -0.936. The number of nitrogens with zero attached hydrogens (tertiary/aromatic N) is 3. The van der Waals surface area contributed by atoms with Crippen LogP contribution in [0, 0.1) is 5.92 Å². The molecule has 0 aliphatic carbocycles. The Hall–Kier alpha value is -2.38. The number of amides is 1. The predicted octanol–water partition coefficient (Wildman–Crippen LogP) is 3.21. The standard InChI is InChI=1S/C18H21F3N4O/c1-2-14(12-6-4-3-5-7-12)17(26)22-11-16-24-23-15-10-13(18(19,20)21)8-9-25(15)16/h3-7,13-14H,2,8-11H2,1H3,(H,22,26). The molecule has 2 aromatic rings. The van der Waals surface area contributed by atoms with Gasteiger partial charge in [-0.2, -0.15) is 13.2 Å². The van der Waals surface area contributed by atoms with Crippen LogP contribution >= 0.6 is 0 Å². The van der Waals surface area contributed by atoms with Crippen molar-refractivity contribution in [1.82, 2.24) is 20.1 Å². The zero-order valence-electron chi connectivity index (χ0n) is 14.5. The van der Waals surface area contributed by atoms with E-state index in [1.807, 2.05) is 37.3 Å². The molecule has 0 spiro atoms. The quantitative estimate of drug-likeness (QED) is 0.884. The molecule has 0 saturated carbocycles. The van der Waals surface area contributed by atoms with Crippen LogP contribution in [-0.4, -0.2) is 26.8 Å². The first-order chi connectivity index (χ1) is 12.4. The number of fused-ring (bicyclic) bond motifs is 1. The number of halogens is 3. The van der Waals surface area contributed by atoms with E-state index in [9.17, 15) is 18.0 Å². The van der Waals surface area contributed by atoms with E-state index in [1.54, 1.807) is 4.57 Å². The summed E-state index contributed by atoms with van der Waals surface area (Å²) in [6, 6.07) is 9.48. The number of aromatic nitrogens is 3. The molecule has 1 aliphatic heterocycles. The minimum Gasteiger partial charge on any atom is -0.348 e. The first-order valence-corrected chi connectivity index (χ1v) is 8.70. The third kappa shape index (κ3) is 3.89. The van der Waals surface area contributed by atoms with Crippen LogP contribution in [0.25, 0.3) is 0 Å². The molecule has 26 heavy (non-hydrogen) atoms. The fourth-order valence-corrected chi connectivity index (χ4v) is 3.35. The van der Waals surface area contributed by atoms with Crippen LogP contribution in [-0.2, 0) is 24.3 Å². The fraction of sp³-hybridized carbons (Fsp3) is 0.500. The van der Waals surface area contributed by atoms with Crippen molar-refractivity contribution in [2.24, 2.45) is 5.92 Å². The molecule has 1 amide bonds. The second-order valence-corrected chi connectivity index (χ2v) is 6.50. The van der Waals surface area contributed by atoms with Crippen LogP contribution in [0.3, 0.4) is 0 Å². The molecule has 0 fully saturated rings. The van der Waals surface area contributed by atoms with Gasteiger partial charge in [0.15, 0.2) is 5.82 Å². The lowest BCUT2D eigenvalue weighted by Crippen LogP contribution is -2.33. The lowest BCUT2D eigenvalue weighted by atomic mass is 9.95. The van der Waals surface area contributed by atoms with Crippen LogP contribution < -0.4 is 5.32 Å². The Morgan fingerprint density at radius 1 is 1.31 bits per heavy atom. The molecule has 1 aromatic carbocycles. The summed E-state index contributed by atoms with van der Waals surface area (Å²) in [5.41, 5.74) is 0.934. The zero-order chi connectivity index (χ0) is 18.7. The molecule has 140 valence electrons. The van der Waals surface area contributed by atoms with Crippen molar-refractivity contribution in [2.45, 2.75) is 51.4 Å². The molecule has 0 bridgehead atoms. The Balaban J connectivity index is 1.64. The van der Waals surface area contributed by atoms with Crippen molar-refractivity contribution >= 4 is 5.91 Å². The van der Waals surface area contributed by atoms with Crippen molar-refractivity contribution in [3.05, 3.63) is 47.5 Å². The van der Waals surface area contributed by atoms with Gasteiger partial charge in [0.05, 0.1) is 18.4 Å². The maximum Gasteiger partial charge on any atom is 0.392 e. The molecule has 5 nitrogen and oxygen atoms in total. The third-order valence-electron chi connectivity index (χ3n) is 4.84. The van der Waals surface area contributed by atoms with Crippen molar-refractivity contribution in [3.8, 4) is 0 Å². The van der Waals surface area contributed by atoms with Gasteiger partial charge in [-0.1, -0.05) is 37.3 Å². The highest BCUT2D eigenvalue weighted by atomic mass is 19.4. The summed E-state index contributed by atoms with van der Waals surface area (Å²) < 4.78 is 40.3. The lowest BCUT2D eigenvalue weighted by Gasteiger charge is -2.25.